The first-order valence-electron chi connectivity index (χ1n) is 3.06. The van der Waals surface area contributed by atoms with Crippen molar-refractivity contribution in [3.8, 4) is 0 Å². The molecule has 0 saturated heterocycles. The zero-order valence-electron chi connectivity index (χ0n) is 5.90. The molecule has 1 N–H and O–H groups in total. The summed E-state index contributed by atoms with van der Waals surface area (Å²) in [5.74, 6) is 0. The lowest BCUT2D eigenvalue weighted by atomic mass is 10.2. The van der Waals surface area contributed by atoms with E-state index in [2.05, 4.69) is 15.9 Å². The van der Waals surface area contributed by atoms with Gasteiger partial charge >= 0.3 is 0 Å². The van der Waals surface area contributed by atoms with Crippen LogP contribution in [0.1, 0.15) is 5.56 Å². The third-order valence-electron chi connectivity index (χ3n) is 1.33. The molecule has 0 unspecified atom stereocenters. The minimum absolute atomic E-state index is 0.0431. The molecule has 0 aliphatic heterocycles. The fraction of sp³-hybridized carbons (Fsp3) is 0. The maximum Gasteiger partial charge on any atom is 0.269 e. The van der Waals surface area contributed by atoms with Gasteiger partial charge in [0, 0.05) is 22.2 Å². The summed E-state index contributed by atoms with van der Waals surface area (Å²) in [6, 6.07) is 4.15. The number of non-ortho nitro benzene ring substituents is 1. The zero-order chi connectivity index (χ0) is 9.14. The van der Waals surface area contributed by atoms with E-state index >= 15 is 0 Å². The molecule has 0 heterocycles. The van der Waals surface area contributed by atoms with Crippen molar-refractivity contribution in [1.82, 2.24) is 0 Å². The van der Waals surface area contributed by atoms with Crippen LogP contribution < -0.4 is 0 Å². The molecular weight excluding hydrogens is 226 g/mol. The number of aliphatic hydroxyl groups is 1. The van der Waals surface area contributed by atoms with Crippen molar-refractivity contribution in [1.29, 1.82) is 0 Å². The lowest BCUT2D eigenvalue weighted by molar-refractivity contribution is -0.384. The van der Waals surface area contributed by atoms with Gasteiger partial charge in [0.15, 0.2) is 0 Å². The molecule has 12 heavy (non-hydrogen) atoms. The van der Waals surface area contributed by atoms with Crippen LogP contribution in [0.2, 0.25) is 0 Å². The lowest BCUT2D eigenvalue weighted by Crippen LogP contribution is -1.90. The molecule has 0 aliphatic rings. The maximum atomic E-state index is 10.3. The molecule has 0 amide bonds. The van der Waals surface area contributed by atoms with E-state index in [1.54, 1.807) is 0 Å². The summed E-state index contributed by atoms with van der Waals surface area (Å²) in [5, 5.41) is 18.9. The van der Waals surface area contributed by atoms with E-state index in [0.29, 0.717) is 10.0 Å². The summed E-state index contributed by atoms with van der Waals surface area (Å²) in [7, 11) is 0. The number of benzene rings is 1. The Hall–Kier alpha value is -0.940. The maximum absolute atomic E-state index is 10.3. The molecule has 1 rings (SSSR count). The topological polar surface area (TPSA) is 63.4 Å². The van der Waals surface area contributed by atoms with Crippen LogP contribution in [0.4, 0.5) is 5.69 Å². The number of nitrogens with zero attached hydrogens (tertiary/aromatic N) is 1. The third-order valence-corrected chi connectivity index (χ3v) is 2.05. The smallest absolute Gasteiger partial charge is 0.269 e. The molecule has 0 saturated carbocycles. The van der Waals surface area contributed by atoms with Crippen LogP contribution in [0, 0.1) is 16.7 Å². The number of aliphatic hydroxyl groups excluding tert-OH is 1. The molecule has 1 radical (unpaired) electrons. The van der Waals surface area contributed by atoms with Gasteiger partial charge in [0.25, 0.3) is 5.69 Å². The van der Waals surface area contributed by atoms with Gasteiger partial charge in [0.1, 0.15) is 6.61 Å². The Morgan fingerprint density at radius 1 is 1.58 bits per heavy atom. The Bertz CT molecular complexity index is 314. The molecule has 0 spiro atoms. The second-order valence-corrected chi connectivity index (χ2v) is 2.95. The summed E-state index contributed by atoms with van der Waals surface area (Å²) in [6.07, 6.45) is 0. The van der Waals surface area contributed by atoms with Crippen LogP contribution in [0.25, 0.3) is 0 Å². The van der Waals surface area contributed by atoms with Gasteiger partial charge in [0.2, 0.25) is 0 Å². The number of halogens is 1. The number of rotatable bonds is 2. The van der Waals surface area contributed by atoms with E-state index < -0.39 is 4.92 Å². The Balaban J connectivity index is 3.13. The standard InChI is InChI=1S/C7H5BrNO3/c8-7-2-1-6(9(11)12)3-5(7)4-10/h1-4,10H. The second kappa shape index (κ2) is 3.64. The summed E-state index contributed by atoms with van der Waals surface area (Å²) >= 11 is 3.13. The van der Waals surface area contributed by atoms with Crippen molar-refractivity contribution in [2.24, 2.45) is 0 Å². The van der Waals surface area contributed by atoms with E-state index in [0.717, 1.165) is 6.61 Å². The Labute approximate surface area is 77.1 Å². The third kappa shape index (κ3) is 1.80. The van der Waals surface area contributed by atoms with Gasteiger partial charge in [-0.25, -0.2) is 0 Å². The average molecular weight is 231 g/mol. The zero-order valence-corrected chi connectivity index (χ0v) is 7.48. The molecule has 1 aromatic carbocycles. The van der Waals surface area contributed by atoms with Gasteiger partial charge in [-0.1, -0.05) is 15.9 Å². The van der Waals surface area contributed by atoms with E-state index in [-0.39, 0.29) is 5.69 Å². The number of nitro benzene ring substituents is 1. The van der Waals surface area contributed by atoms with Gasteiger partial charge in [-0.2, -0.15) is 0 Å². The molecule has 0 aromatic heterocycles. The molecule has 0 aliphatic carbocycles. The molecule has 0 bridgehead atoms. The minimum Gasteiger partial charge on any atom is -0.385 e. The first kappa shape index (κ1) is 9.15. The highest BCUT2D eigenvalue weighted by Gasteiger charge is 2.08. The largest absolute Gasteiger partial charge is 0.385 e. The summed E-state index contributed by atoms with van der Waals surface area (Å²) in [6.45, 7) is 0.817. The van der Waals surface area contributed by atoms with Crippen LogP contribution >= 0.6 is 15.9 Å². The van der Waals surface area contributed by atoms with E-state index in [1.165, 1.54) is 18.2 Å². The fourth-order valence-electron chi connectivity index (χ4n) is 0.744. The van der Waals surface area contributed by atoms with Crippen molar-refractivity contribution >= 4 is 21.6 Å². The molecule has 1 aromatic rings. The molecule has 4 nitrogen and oxygen atoms in total. The Morgan fingerprint density at radius 3 is 2.75 bits per heavy atom. The van der Waals surface area contributed by atoms with Crippen molar-refractivity contribution < 1.29 is 10.0 Å². The Kier molecular flexibility index (Phi) is 2.78. The van der Waals surface area contributed by atoms with Crippen molar-refractivity contribution in [3.63, 3.8) is 0 Å². The highest BCUT2D eigenvalue weighted by atomic mass is 79.9. The van der Waals surface area contributed by atoms with E-state index in [9.17, 15) is 10.1 Å². The molecule has 5 heteroatoms. The number of hydrogen-bond donors (Lipinski definition) is 1. The van der Waals surface area contributed by atoms with Crippen LogP contribution in [0.3, 0.4) is 0 Å². The first-order valence-corrected chi connectivity index (χ1v) is 3.86. The summed E-state index contributed by atoms with van der Waals surface area (Å²) < 4.78 is 0.621. The van der Waals surface area contributed by atoms with Crippen LogP contribution in [-0.2, 0) is 0 Å². The molecular formula is C7H5BrNO3. The van der Waals surface area contributed by atoms with Crippen molar-refractivity contribution in [3.05, 3.63) is 45.0 Å². The predicted molar refractivity (Wildman–Crippen MR) is 46.1 cm³/mol. The first-order chi connectivity index (χ1) is 5.65. The Morgan fingerprint density at radius 2 is 2.25 bits per heavy atom. The van der Waals surface area contributed by atoms with Crippen LogP contribution in [-0.4, -0.2) is 10.0 Å². The van der Waals surface area contributed by atoms with Gasteiger partial charge in [-0.3, -0.25) is 10.1 Å². The fourth-order valence-corrected chi connectivity index (χ4v) is 1.09. The van der Waals surface area contributed by atoms with Crippen LogP contribution in [0.15, 0.2) is 22.7 Å². The van der Waals surface area contributed by atoms with Gasteiger partial charge in [0.05, 0.1) is 4.92 Å². The lowest BCUT2D eigenvalue weighted by Gasteiger charge is -1.98. The second-order valence-electron chi connectivity index (χ2n) is 2.09. The van der Waals surface area contributed by atoms with Crippen molar-refractivity contribution in [2.45, 2.75) is 0 Å². The molecule has 63 valence electrons. The monoisotopic (exact) mass is 230 g/mol. The number of hydrogen-bond acceptors (Lipinski definition) is 3. The quantitative estimate of drug-likeness (QED) is 0.626. The SMILES string of the molecule is O=[N+]([O-])c1ccc(Br)c([CH]O)c1. The summed E-state index contributed by atoms with van der Waals surface area (Å²) in [4.78, 5) is 9.76. The normalized spacial score (nSPS) is 9.83. The van der Waals surface area contributed by atoms with Gasteiger partial charge < -0.3 is 5.11 Å². The highest BCUT2D eigenvalue weighted by Crippen LogP contribution is 2.22. The average Bonchev–Trinajstić information content (AvgIpc) is 2.05. The van der Waals surface area contributed by atoms with Crippen LogP contribution in [0.5, 0.6) is 0 Å². The number of nitro groups is 1. The molecule has 0 atom stereocenters. The molecule has 0 fully saturated rings. The minimum atomic E-state index is -0.514. The van der Waals surface area contributed by atoms with Gasteiger partial charge in [-0.15, -0.1) is 0 Å². The predicted octanol–water partition coefficient (Wildman–Crippen LogP) is 2.24. The van der Waals surface area contributed by atoms with E-state index in [1.807, 2.05) is 0 Å². The summed E-state index contributed by atoms with van der Waals surface area (Å²) in [5.41, 5.74) is 0.350. The van der Waals surface area contributed by atoms with E-state index in [4.69, 9.17) is 5.11 Å². The van der Waals surface area contributed by atoms with Crippen molar-refractivity contribution in [2.75, 3.05) is 0 Å². The highest BCUT2D eigenvalue weighted by molar-refractivity contribution is 9.10. The van der Waals surface area contributed by atoms with Gasteiger partial charge in [-0.05, 0) is 6.07 Å².